The molecule has 1 unspecified atom stereocenters. The van der Waals surface area contributed by atoms with Crippen molar-refractivity contribution in [1.29, 1.82) is 0 Å². The average Bonchev–Trinajstić information content (AvgIpc) is 2.87. The predicted octanol–water partition coefficient (Wildman–Crippen LogP) is 3.27. The summed E-state index contributed by atoms with van der Waals surface area (Å²) in [6.07, 6.45) is 11.0. The molecule has 17 heavy (non-hydrogen) atoms. The molecule has 0 aromatic heterocycles. The van der Waals surface area contributed by atoms with E-state index in [4.69, 9.17) is 6.42 Å². The van der Waals surface area contributed by atoms with E-state index in [1.807, 2.05) is 6.07 Å². The van der Waals surface area contributed by atoms with Crippen LogP contribution in [0.1, 0.15) is 44.1 Å². The lowest BCUT2D eigenvalue weighted by Gasteiger charge is -2.34. The Morgan fingerprint density at radius 3 is 2.47 bits per heavy atom. The van der Waals surface area contributed by atoms with Gasteiger partial charge in [0, 0.05) is 11.8 Å². The van der Waals surface area contributed by atoms with Gasteiger partial charge in [0.05, 0.1) is 6.10 Å². The first-order valence-corrected chi connectivity index (χ1v) is 6.47. The maximum Gasteiger partial charge on any atom is 0.0645 e. The van der Waals surface area contributed by atoms with E-state index in [-0.39, 0.29) is 11.5 Å². The fraction of sp³-hybridized carbons (Fsp3) is 0.500. The highest BCUT2D eigenvalue weighted by Gasteiger charge is 2.41. The summed E-state index contributed by atoms with van der Waals surface area (Å²) in [4.78, 5) is 0. The Morgan fingerprint density at radius 1 is 1.24 bits per heavy atom. The molecule has 0 bridgehead atoms. The molecule has 1 saturated carbocycles. The Labute approximate surface area is 104 Å². The molecule has 1 aromatic rings. The zero-order valence-electron chi connectivity index (χ0n) is 10.2. The van der Waals surface area contributed by atoms with Gasteiger partial charge in [-0.25, -0.2) is 0 Å². The quantitative estimate of drug-likeness (QED) is 0.784. The molecular formula is C16H20O. The van der Waals surface area contributed by atoms with Crippen molar-refractivity contribution in [3.63, 3.8) is 0 Å². The first-order valence-electron chi connectivity index (χ1n) is 6.47. The zero-order valence-corrected chi connectivity index (χ0v) is 10.2. The van der Waals surface area contributed by atoms with Crippen molar-refractivity contribution < 1.29 is 5.11 Å². The molecule has 90 valence electrons. The smallest absolute Gasteiger partial charge is 0.0645 e. The number of benzene rings is 1. The fourth-order valence-corrected chi connectivity index (χ4v) is 3.09. The number of aliphatic hydroxyl groups is 1. The molecule has 0 heterocycles. The third-order valence-electron chi connectivity index (χ3n) is 4.04. The molecule has 1 aliphatic carbocycles. The third kappa shape index (κ3) is 2.37. The van der Waals surface area contributed by atoms with E-state index in [0.29, 0.717) is 12.8 Å². The highest BCUT2D eigenvalue weighted by molar-refractivity contribution is 5.28. The summed E-state index contributed by atoms with van der Waals surface area (Å²) in [7, 11) is 0. The van der Waals surface area contributed by atoms with E-state index in [1.165, 1.54) is 18.4 Å². The van der Waals surface area contributed by atoms with Crippen LogP contribution in [0.5, 0.6) is 0 Å². The minimum atomic E-state index is -0.302. The molecule has 0 amide bonds. The van der Waals surface area contributed by atoms with Crippen molar-refractivity contribution in [2.75, 3.05) is 0 Å². The van der Waals surface area contributed by atoms with Gasteiger partial charge in [0.15, 0.2) is 0 Å². The van der Waals surface area contributed by atoms with Crippen molar-refractivity contribution in [1.82, 2.24) is 0 Å². The molecule has 2 rings (SSSR count). The van der Waals surface area contributed by atoms with Crippen molar-refractivity contribution in [2.45, 2.75) is 50.0 Å². The van der Waals surface area contributed by atoms with Crippen LogP contribution in [-0.2, 0) is 5.41 Å². The molecule has 1 aliphatic rings. The monoisotopic (exact) mass is 228 g/mol. The number of hydrogen-bond donors (Lipinski definition) is 1. The van der Waals surface area contributed by atoms with Crippen LogP contribution >= 0.6 is 0 Å². The van der Waals surface area contributed by atoms with Crippen molar-refractivity contribution >= 4 is 0 Å². The van der Waals surface area contributed by atoms with Gasteiger partial charge in [-0.3, -0.25) is 0 Å². The molecule has 1 aromatic carbocycles. The van der Waals surface area contributed by atoms with Gasteiger partial charge >= 0.3 is 0 Å². The summed E-state index contributed by atoms with van der Waals surface area (Å²) >= 11 is 0. The number of aliphatic hydroxyl groups excluding tert-OH is 1. The zero-order chi connectivity index (χ0) is 12.1. The molecule has 0 spiro atoms. The van der Waals surface area contributed by atoms with Crippen LogP contribution in [0.15, 0.2) is 30.3 Å². The second-order valence-corrected chi connectivity index (χ2v) is 4.99. The van der Waals surface area contributed by atoms with E-state index >= 15 is 0 Å². The van der Waals surface area contributed by atoms with Crippen LogP contribution in [0, 0.1) is 12.3 Å². The van der Waals surface area contributed by atoms with E-state index in [0.717, 1.165) is 12.8 Å². The summed E-state index contributed by atoms with van der Waals surface area (Å²) < 4.78 is 0. The molecule has 1 heteroatoms. The molecule has 1 atom stereocenters. The van der Waals surface area contributed by atoms with Crippen LogP contribution in [0.3, 0.4) is 0 Å². The average molecular weight is 228 g/mol. The normalized spacial score (nSPS) is 19.8. The molecule has 1 N–H and O–H groups in total. The van der Waals surface area contributed by atoms with Crippen molar-refractivity contribution in [3.05, 3.63) is 35.9 Å². The second-order valence-electron chi connectivity index (χ2n) is 4.99. The largest absolute Gasteiger partial charge is 0.392 e. The maximum absolute atomic E-state index is 10.5. The summed E-state index contributed by atoms with van der Waals surface area (Å²) in [6.45, 7) is 0. The van der Waals surface area contributed by atoms with E-state index in [9.17, 15) is 5.11 Å². The molecule has 1 fully saturated rings. The van der Waals surface area contributed by atoms with Gasteiger partial charge in [0.25, 0.3) is 0 Å². The van der Waals surface area contributed by atoms with Crippen LogP contribution in [0.25, 0.3) is 0 Å². The highest BCUT2D eigenvalue weighted by Crippen LogP contribution is 2.44. The van der Waals surface area contributed by atoms with Gasteiger partial charge in [-0.2, -0.15) is 0 Å². The summed E-state index contributed by atoms with van der Waals surface area (Å²) in [5.74, 6) is 2.63. The van der Waals surface area contributed by atoms with Crippen LogP contribution in [0.4, 0.5) is 0 Å². The third-order valence-corrected chi connectivity index (χ3v) is 4.04. The second kappa shape index (κ2) is 5.38. The van der Waals surface area contributed by atoms with Crippen molar-refractivity contribution in [3.8, 4) is 12.3 Å². The number of hydrogen-bond acceptors (Lipinski definition) is 1. The van der Waals surface area contributed by atoms with Crippen LogP contribution in [0.2, 0.25) is 0 Å². The standard InChI is InChI=1S/C16H20O/c1-2-3-11-15(17)16(12-7-8-13-16)14-9-5-4-6-10-14/h1,4-6,9-10,15,17H,3,7-8,11-13H2. The van der Waals surface area contributed by atoms with Gasteiger partial charge in [0.1, 0.15) is 0 Å². The van der Waals surface area contributed by atoms with E-state index < -0.39 is 0 Å². The Kier molecular flexibility index (Phi) is 3.86. The topological polar surface area (TPSA) is 20.2 Å². The highest BCUT2D eigenvalue weighted by atomic mass is 16.3. The van der Waals surface area contributed by atoms with Gasteiger partial charge < -0.3 is 5.11 Å². The Bertz CT molecular complexity index is 382. The van der Waals surface area contributed by atoms with Gasteiger partial charge in [-0.1, -0.05) is 43.2 Å². The van der Waals surface area contributed by atoms with Crippen molar-refractivity contribution in [2.24, 2.45) is 0 Å². The molecule has 0 radical (unpaired) electrons. The maximum atomic E-state index is 10.5. The SMILES string of the molecule is C#CCCC(O)C1(c2ccccc2)CCCC1. The first kappa shape index (κ1) is 12.2. The molecular weight excluding hydrogens is 208 g/mol. The van der Waals surface area contributed by atoms with E-state index in [1.54, 1.807) is 0 Å². The minimum Gasteiger partial charge on any atom is -0.392 e. The predicted molar refractivity (Wildman–Crippen MR) is 70.7 cm³/mol. The molecule has 1 nitrogen and oxygen atoms in total. The summed E-state index contributed by atoms with van der Waals surface area (Å²) in [5, 5.41) is 10.5. The minimum absolute atomic E-state index is 0.0435. The fourth-order valence-electron chi connectivity index (χ4n) is 3.09. The lowest BCUT2D eigenvalue weighted by atomic mass is 9.73. The number of terminal acetylenes is 1. The first-order chi connectivity index (χ1) is 8.29. The van der Waals surface area contributed by atoms with Gasteiger partial charge in [0.2, 0.25) is 0 Å². The van der Waals surface area contributed by atoms with Gasteiger partial charge in [-0.05, 0) is 24.8 Å². The lowest BCUT2D eigenvalue weighted by Crippen LogP contribution is -2.37. The number of rotatable bonds is 4. The Hall–Kier alpha value is -1.26. The van der Waals surface area contributed by atoms with Gasteiger partial charge in [-0.15, -0.1) is 12.3 Å². The van der Waals surface area contributed by atoms with E-state index in [2.05, 4.69) is 30.2 Å². The summed E-state index contributed by atoms with van der Waals surface area (Å²) in [5.41, 5.74) is 1.24. The summed E-state index contributed by atoms with van der Waals surface area (Å²) in [6, 6.07) is 10.4. The lowest BCUT2D eigenvalue weighted by molar-refractivity contribution is 0.0758. The Morgan fingerprint density at radius 2 is 1.88 bits per heavy atom. The van der Waals surface area contributed by atoms with Crippen LogP contribution in [-0.4, -0.2) is 11.2 Å². The van der Waals surface area contributed by atoms with Crippen LogP contribution < -0.4 is 0 Å². The Balaban J connectivity index is 2.24. The molecule has 0 saturated heterocycles. The molecule has 0 aliphatic heterocycles.